The van der Waals surface area contributed by atoms with Gasteiger partial charge in [0.2, 0.25) is 0 Å². The predicted octanol–water partition coefficient (Wildman–Crippen LogP) is 5.19. The van der Waals surface area contributed by atoms with Crippen LogP contribution in [0.25, 0.3) is 0 Å². The molecule has 0 saturated heterocycles. The minimum Gasteiger partial charge on any atom is -0.466 e. The molecule has 0 spiro atoms. The lowest BCUT2D eigenvalue weighted by Crippen LogP contribution is -2.29. The molecule has 144 valence electrons. The predicted molar refractivity (Wildman–Crippen MR) is 98.2 cm³/mol. The molecule has 24 heavy (non-hydrogen) atoms. The number of esters is 1. The molecular formula is C18H37O5P. The first-order valence-corrected chi connectivity index (χ1v) is 11.2. The van der Waals surface area contributed by atoms with Crippen LogP contribution in [0.15, 0.2) is 0 Å². The zero-order valence-electron chi connectivity index (χ0n) is 15.8. The summed E-state index contributed by atoms with van der Waals surface area (Å²) in [6.45, 7) is 6.03. The number of carbonyl (C=O) groups excluding carboxylic acids is 1. The number of unbranched alkanes of at least 4 members (excludes halogenated alkanes) is 7. The van der Waals surface area contributed by atoms with Crippen LogP contribution < -0.4 is 0 Å². The molecule has 0 amide bonds. The summed E-state index contributed by atoms with van der Waals surface area (Å²) in [6, 6.07) is 0. The summed E-state index contributed by atoms with van der Waals surface area (Å²) in [4.78, 5) is 31.2. The molecule has 0 aliphatic heterocycles. The van der Waals surface area contributed by atoms with E-state index in [0.29, 0.717) is 19.4 Å². The van der Waals surface area contributed by atoms with Gasteiger partial charge in [-0.1, -0.05) is 65.2 Å². The van der Waals surface area contributed by atoms with Crippen LogP contribution in [0.2, 0.25) is 0 Å². The van der Waals surface area contributed by atoms with Crippen LogP contribution in [0.5, 0.6) is 0 Å². The summed E-state index contributed by atoms with van der Waals surface area (Å²) in [6.07, 6.45) is 10.3. The van der Waals surface area contributed by atoms with Crippen molar-refractivity contribution in [3.8, 4) is 0 Å². The third-order valence-electron chi connectivity index (χ3n) is 4.87. The van der Waals surface area contributed by atoms with Crippen molar-refractivity contribution in [1.82, 2.24) is 0 Å². The van der Waals surface area contributed by atoms with Gasteiger partial charge in [0.15, 0.2) is 0 Å². The van der Waals surface area contributed by atoms with Gasteiger partial charge in [0.25, 0.3) is 0 Å². The monoisotopic (exact) mass is 364 g/mol. The van der Waals surface area contributed by atoms with Crippen molar-refractivity contribution in [3.05, 3.63) is 0 Å². The molecule has 2 N–H and O–H groups in total. The van der Waals surface area contributed by atoms with E-state index in [-0.39, 0.29) is 18.8 Å². The second-order valence-electron chi connectivity index (χ2n) is 6.65. The highest BCUT2D eigenvalue weighted by Crippen LogP contribution is 2.57. The van der Waals surface area contributed by atoms with Crippen molar-refractivity contribution in [2.75, 3.05) is 6.61 Å². The fraction of sp³-hybridized carbons (Fsp3) is 0.944. The Morgan fingerprint density at radius 2 is 1.46 bits per heavy atom. The number of ether oxygens (including phenoxy) is 1. The average molecular weight is 364 g/mol. The lowest BCUT2D eigenvalue weighted by atomic mass is 9.92. The van der Waals surface area contributed by atoms with E-state index in [1.54, 1.807) is 13.8 Å². The Balaban J connectivity index is 4.36. The van der Waals surface area contributed by atoms with E-state index in [0.717, 1.165) is 19.3 Å². The second kappa shape index (κ2) is 12.9. The maximum Gasteiger partial charge on any atom is 0.331 e. The van der Waals surface area contributed by atoms with Crippen molar-refractivity contribution in [1.29, 1.82) is 0 Å². The number of hydrogen-bond acceptors (Lipinski definition) is 3. The summed E-state index contributed by atoms with van der Waals surface area (Å²) >= 11 is 0. The second-order valence-corrected chi connectivity index (χ2v) is 8.69. The van der Waals surface area contributed by atoms with Crippen molar-refractivity contribution in [2.24, 2.45) is 0 Å². The van der Waals surface area contributed by atoms with Crippen molar-refractivity contribution in [2.45, 2.75) is 103 Å². The molecule has 0 saturated carbocycles. The van der Waals surface area contributed by atoms with E-state index in [1.165, 1.54) is 32.1 Å². The van der Waals surface area contributed by atoms with Crippen LogP contribution in [0.1, 0.15) is 97.8 Å². The average Bonchev–Trinajstić information content (AvgIpc) is 2.52. The van der Waals surface area contributed by atoms with Gasteiger partial charge in [-0.05, 0) is 26.2 Å². The molecule has 0 bridgehead atoms. The van der Waals surface area contributed by atoms with E-state index in [9.17, 15) is 19.1 Å². The molecule has 0 rings (SSSR count). The number of hydrogen-bond donors (Lipinski definition) is 2. The maximum atomic E-state index is 12.0. The molecule has 6 heteroatoms. The quantitative estimate of drug-likeness (QED) is 0.237. The molecule has 1 atom stereocenters. The van der Waals surface area contributed by atoms with Gasteiger partial charge in [-0.2, -0.15) is 0 Å². The van der Waals surface area contributed by atoms with Gasteiger partial charge in [0.1, 0.15) is 0 Å². The molecule has 1 unspecified atom stereocenters. The van der Waals surface area contributed by atoms with Crippen LogP contribution in [-0.4, -0.2) is 27.5 Å². The van der Waals surface area contributed by atoms with Crippen molar-refractivity contribution in [3.63, 3.8) is 0 Å². The van der Waals surface area contributed by atoms with Crippen LogP contribution in [0.3, 0.4) is 0 Å². The van der Waals surface area contributed by atoms with Gasteiger partial charge in [0.05, 0.1) is 11.8 Å². The molecule has 0 fully saturated rings. The lowest BCUT2D eigenvalue weighted by molar-refractivity contribution is -0.143. The first kappa shape index (κ1) is 23.6. The molecule has 0 aliphatic carbocycles. The van der Waals surface area contributed by atoms with E-state index in [4.69, 9.17) is 4.74 Å². The topological polar surface area (TPSA) is 83.8 Å². The minimum absolute atomic E-state index is 0.0732. The highest BCUT2D eigenvalue weighted by atomic mass is 31.2. The standard InChI is InChI=1S/C18H37O5P/c1-4-7-8-9-10-11-12-13-15-18(5-2,24(20,21)22)16-14-17(19)23-6-3/h4-16H2,1-3H3,(H2,20,21,22). The summed E-state index contributed by atoms with van der Waals surface area (Å²) in [5, 5.41) is -1.08. The highest BCUT2D eigenvalue weighted by Gasteiger charge is 2.44. The van der Waals surface area contributed by atoms with Gasteiger partial charge < -0.3 is 14.5 Å². The Labute approximate surface area is 147 Å². The van der Waals surface area contributed by atoms with Gasteiger partial charge in [0, 0.05) is 6.42 Å². The maximum absolute atomic E-state index is 12.0. The van der Waals surface area contributed by atoms with Crippen molar-refractivity contribution >= 4 is 13.6 Å². The van der Waals surface area contributed by atoms with Crippen molar-refractivity contribution < 1.29 is 23.9 Å². The SMILES string of the molecule is CCCCCCCCCCC(CC)(CCC(=O)OCC)P(=O)(O)O. The zero-order valence-corrected chi connectivity index (χ0v) is 16.7. The van der Waals surface area contributed by atoms with Crippen LogP contribution in [0.4, 0.5) is 0 Å². The Morgan fingerprint density at radius 3 is 1.92 bits per heavy atom. The van der Waals surface area contributed by atoms with E-state index < -0.39 is 12.8 Å². The molecular weight excluding hydrogens is 327 g/mol. The molecule has 5 nitrogen and oxygen atoms in total. The first-order chi connectivity index (χ1) is 11.3. The Morgan fingerprint density at radius 1 is 0.917 bits per heavy atom. The summed E-state index contributed by atoms with van der Waals surface area (Å²) in [5.74, 6) is -0.375. The van der Waals surface area contributed by atoms with Crippen LogP contribution in [0, 0.1) is 0 Å². The zero-order chi connectivity index (χ0) is 18.5. The summed E-state index contributed by atoms with van der Waals surface area (Å²) < 4.78 is 16.9. The highest BCUT2D eigenvalue weighted by molar-refractivity contribution is 7.53. The van der Waals surface area contributed by atoms with E-state index >= 15 is 0 Å². The number of carbonyl (C=O) groups is 1. The summed E-state index contributed by atoms with van der Waals surface area (Å²) in [5.41, 5.74) is 0. The Kier molecular flexibility index (Phi) is 12.7. The molecule has 0 aromatic rings. The van der Waals surface area contributed by atoms with Gasteiger partial charge in [-0.3, -0.25) is 9.36 Å². The summed E-state index contributed by atoms with van der Waals surface area (Å²) in [7, 11) is -4.26. The lowest BCUT2D eigenvalue weighted by Gasteiger charge is -2.33. The molecule has 0 heterocycles. The molecule has 0 aromatic carbocycles. The molecule has 0 aromatic heterocycles. The normalized spacial score (nSPS) is 14.4. The minimum atomic E-state index is -4.26. The van der Waals surface area contributed by atoms with Gasteiger partial charge in [-0.15, -0.1) is 0 Å². The number of rotatable bonds is 15. The molecule has 0 aliphatic rings. The van der Waals surface area contributed by atoms with Crippen LogP contribution in [-0.2, 0) is 14.1 Å². The van der Waals surface area contributed by atoms with E-state index in [2.05, 4.69) is 6.92 Å². The Bertz CT molecular complexity index is 380. The fourth-order valence-electron chi connectivity index (χ4n) is 3.13. The smallest absolute Gasteiger partial charge is 0.331 e. The van der Waals surface area contributed by atoms with Gasteiger partial charge in [-0.25, -0.2) is 0 Å². The Hall–Kier alpha value is -0.380. The fourth-order valence-corrected chi connectivity index (χ4v) is 4.40. The van der Waals surface area contributed by atoms with Crippen LogP contribution >= 0.6 is 7.60 Å². The molecule has 0 radical (unpaired) electrons. The third-order valence-corrected chi connectivity index (χ3v) is 6.87. The third kappa shape index (κ3) is 9.19. The first-order valence-electron chi connectivity index (χ1n) is 9.54. The van der Waals surface area contributed by atoms with E-state index in [1.807, 2.05) is 0 Å². The largest absolute Gasteiger partial charge is 0.466 e. The van der Waals surface area contributed by atoms with Gasteiger partial charge >= 0.3 is 13.6 Å².